The van der Waals surface area contributed by atoms with Gasteiger partial charge in [0.05, 0.1) is 17.6 Å². The van der Waals surface area contributed by atoms with Crippen LogP contribution in [0.3, 0.4) is 0 Å². The van der Waals surface area contributed by atoms with Crippen LogP contribution in [-0.4, -0.2) is 25.8 Å². The minimum Gasteiger partial charge on any atom is -0.397 e. The molecule has 1 aromatic carbocycles. The van der Waals surface area contributed by atoms with E-state index in [1.54, 1.807) is 12.1 Å². The molecule has 0 aliphatic rings. The zero-order valence-corrected chi connectivity index (χ0v) is 10.5. The Labute approximate surface area is 114 Å². The van der Waals surface area contributed by atoms with Gasteiger partial charge in [-0.2, -0.15) is 0 Å². The highest BCUT2D eigenvalue weighted by atomic mass is 16.1. The van der Waals surface area contributed by atoms with Crippen molar-refractivity contribution in [3.05, 3.63) is 66.2 Å². The molecule has 3 rings (SSSR count). The van der Waals surface area contributed by atoms with E-state index in [-0.39, 0.29) is 11.5 Å². The number of nitrogen functional groups attached to an aromatic ring is 1. The van der Waals surface area contributed by atoms with E-state index >= 15 is 0 Å². The molecule has 0 aliphatic carbocycles. The van der Waals surface area contributed by atoms with Crippen LogP contribution in [0.5, 0.6) is 0 Å². The maximum atomic E-state index is 12.5. The summed E-state index contributed by atoms with van der Waals surface area (Å²) < 4.78 is 1.47. The quantitative estimate of drug-likeness (QED) is 0.725. The van der Waals surface area contributed by atoms with Gasteiger partial charge < -0.3 is 5.73 Å². The van der Waals surface area contributed by atoms with Gasteiger partial charge in [-0.1, -0.05) is 23.4 Å². The smallest absolute Gasteiger partial charge is 0.233 e. The molecule has 0 radical (unpaired) electrons. The Hall–Kier alpha value is -3.02. The van der Waals surface area contributed by atoms with Crippen molar-refractivity contribution in [3.8, 4) is 5.69 Å². The molecular formula is C14H11N5O. The van der Waals surface area contributed by atoms with Crippen LogP contribution in [-0.2, 0) is 0 Å². The number of hydrogen-bond acceptors (Lipinski definition) is 5. The fourth-order valence-electron chi connectivity index (χ4n) is 1.88. The van der Waals surface area contributed by atoms with E-state index in [0.717, 1.165) is 5.69 Å². The van der Waals surface area contributed by atoms with E-state index in [4.69, 9.17) is 5.73 Å². The molecule has 6 heteroatoms. The summed E-state index contributed by atoms with van der Waals surface area (Å²) in [4.78, 5) is 16.5. The molecule has 3 aromatic rings. The predicted octanol–water partition coefficient (Wildman–Crippen LogP) is 1.48. The average Bonchev–Trinajstić information content (AvgIpc) is 2.97. The molecule has 0 amide bonds. The molecule has 20 heavy (non-hydrogen) atoms. The van der Waals surface area contributed by atoms with Crippen molar-refractivity contribution in [2.75, 3.05) is 5.73 Å². The number of aromatic nitrogens is 4. The van der Waals surface area contributed by atoms with E-state index in [2.05, 4.69) is 15.3 Å². The van der Waals surface area contributed by atoms with E-state index in [0.29, 0.717) is 11.4 Å². The van der Waals surface area contributed by atoms with Gasteiger partial charge in [-0.3, -0.25) is 9.78 Å². The van der Waals surface area contributed by atoms with E-state index in [1.807, 2.05) is 30.3 Å². The number of hydrogen-bond donors (Lipinski definition) is 1. The van der Waals surface area contributed by atoms with Gasteiger partial charge >= 0.3 is 0 Å². The van der Waals surface area contributed by atoms with Gasteiger partial charge in [0.2, 0.25) is 5.78 Å². The maximum Gasteiger partial charge on any atom is 0.233 e. The summed E-state index contributed by atoms with van der Waals surface area (Å²) in [5.74, 6) is -0.308. The first-order valence-electron chi connectivity index (χ1n) is 5.98. The van der Waals surface area contributed by atoms with Crippen LogP contribution in [0.1, 0.15) is 16.2 Å². The molecular weight excluding hydrogens is 254 g/mol. The first-order valence-corrected chi connectivity index (χ1v) is 5.98. The second-order valence-electron chi connectivity index (χ2n) is 4.14. The molecule has 2 N–H and O–H groups in total. The Morgan fingerprint density at radius 3 is 2.65 bits per heavy atom. The standard InChI is InChI=1S/C14H11N5O/c15-11-7-4-8-16-13(11)14(20)12-9-17-18-19(12)10-5-2-1-3-6-10/h1-9H,15H2. The van der Waals surface area contributed by atoms with Gasteiger partial charge in [-0.05, 0) is 24.3 Å². The third-order valence-corrected chi connectivity index (χ3v) is 2.84. The monoisotopic (exact) mass is 265 g/mol. The Bertz CT molecular complexity index is 751. The number of pyridine rings is 1. The summed E-state index contributed by atoms with van der Waals surface area (Å²) in [5.41, 5.74) is 7.39. The zero-order chi connectivity index (χ0) is 13.9. The lowest BCUT2D eigenvalue weighted by Crippen LogP contribution is -2.13. The van der Waals surface area contributed by atoms with Crippen molar-refractivity contribution in [2.45, 2.75) is 0 Å². The number of carbonyl (C=O) groups excluding carboxylic acids is 1. The SMILES string of the molecule is Nc1cccnc1C(=O)c1cnnn1-c1ccccc1. The van der Waals surface area contributed by atoms with Gasteiger partial charge in [0.1, 0.15) is 11.4 Å². The summed E-state index contributed by atoms with van der Waals surface area (Å²) in [7, 11) is 0. The topological polar surface area (TPSA) is 86.7 Å². The van der Waals surface area contributed by atoms with E-state index < -0.39 is 0 Å². The molecule has 2 aromatic heterocycles. The maximum absolute atomic E-state index is 12.5. The van der Waals surface area contributed by atoms with Crippen LogP contribution in [0.15, 0.2) is 54.9 Å². The van der Waals surface area contributed by atoms with Crippen LogP contribution in [0.4, 0.5) is 5.69 Å². The van der Waals surface area contributed by atoms with Crippen molar-refractivity contribution in [2.24, 2.45) is 0 Å². The summed E-state index contributed by atoms with van der Waals surface area (Å²) >= 11 is 0. The van der Waals surface area contributed by atoms with E-state index in [9.17, 15) is 4.79 Å². The molecule has 0 fully saturated rings. The lowest BCUT2D eigenvalue weighted by molar-refractivity contribution is 0.102. The number of ketones is 1. The third kappa shape index (κ3) is 2.03. The largest absolute Gasteiger partial charge is 0.397 e. The number of nitrogens with two attached hydrogens (primary N) is 1. The molecule has 0 saturated carbocycles. The number of nitrogens with zero attached hydrogens (tertiary/aromatic N) is 4. The van der Waals surface area contributed by atoms with E-state index in [1.165, 1.54) is 17.1 Å². The average molecular weight is 265 g/mol. The second kappa shape index (κ2) is 4.93. The molecule has 0 saturated heterocycles. The van der Waals surface area contributed by atoms with Crippen LogP contribution in [0.25, 0.3) is 5.69 Å². The number of para-hydroxylation sites is 1. The molecule has 0 aliphatic heterocycles. The Morgan fingerprint density at radius 2 is 1.90 bits per heavy atom. The summed E-state index contributed by atoms with van der Waals surface area (Å²) in [5, 5.41) is 7.74. The molecule has 6 nitrogen and oxygen atoms in total. The minimum absolute atomic E-state index is 0.201. The summed E-state index contributed by atoms with van der Waals surface area (Å²) in [6.45, 7) is 0. The van der Waals surface area contributed by atoms with Gasteiger partial charge in [-0.15, -0.1) is 5.10 Å². The molecule has 0 bridgehead atoms. The first kappa shape index (κ1) is 12.0. The normalized spacial score (nSPS) is 10.4. The number of anilines is 1. The lowest BCUT2D eigenvalue weighted by atomic mass is 10.1. The van der Waals surface area contributed by atoms with Crippen LogP contribution in [0, 0.1) is 0 Å². The highest BCUT2D eigenvalue weighted by Gasteiger charge is 2.19. The van der Waals surface area contributed by atoms with Crippen molar-refractivity contribution >= 4 is 11.5 Å². The van der Waals surface area contributed by atoms with Crippen LogP contribution < -0.4 is 5.73 Å². The third-order valence-electron chi connectivity index (χ3n) is 2.84. The molecule has 0 unspecified atom stereocenters. The van der Waals surface area contributed by atoms with Gasteiger partial charge in [0, 0.05) is 6.20 Å². The number of rotatable bonds is 3. The lowest BCUT2D eigenvalue weighted by Gasteiger charge is -2.06. The highest BCUT2D eigenvalue weighted by molar-refractivity contribution is 6.09. The van der Waals surface area contributed by atoms with Crippen molar-refractivity contribution in [1.82, 2.24) is 20.0 Å². The summed E-state index contributed by atoms with van der Waals surface area (Å²) in [6.07, 6.45) is 2.93. The van der Waals surface area contributed by atoms with Gasteiger partial charge in [0.25, 0.3) is 0 Å². The fraction of sp³-hybridized carbons (Fsp3) is 0. The molecule has 2 heterocycles. The minimum atomic E-state index is -0.308. The second-order valence-corrected chi connectivity index (χ2v) is 4.14. The Balaban J connectivity index is 2.07. The highest BCUT2D eigenvalue weighted by Crippen LogP contribution is 2.15. The zero-order valence-electron chi connectivity index (χ0n) is 10.5. The first-order chi connectivity index (χ1) is 9.77. The van der Waals surface area contributed by atoms with Crippen LogP contribution >= 0.6 is 0 Å². The molecule has 98 valence electrons. The number of carbonyl (C=O) groups is 1. The van der Waals surface area contributed by atoms with Crippen LogP contribution in [0.2, 0.25) is 0 Å². The Kier molecular flexibility index (Phi) is 2.96. The van der Waals surface area contributed by atoms with Gasteiger partial charge in [-0.25, -0.2) is 4.68 Å². The van der Waals surface area contributed by atoms with Crippen molar-refractivity contribution in [1.29, 1.82) is 0 Å². The van der Waals surface area contributed by atoms with Crippen molar-refractivity contribution in [3.63, 3.8) is 0 Å². The predicted molar refractivity (Wildman–Crippen MR) is 73.4 cm³/mol. The Morgan fingerprint density at radius 1 is 1.10 bits per heavy atom. The van der Waals surface area contributed by atoms with Crippen molar-refractivity contribution < 1.29 is 4.79 Å². The fourth-order valence-corrected chi connectivity index (χ4v) is 1.88. The van der Waals surface area contributed by atoms with Gasteiger partial charge in [0.15, 0.2) is 0 Å². The number of benzene rings is 1. The molecule has 0 atom stereocenters. The summed E-state index contributed by atoms with van der Waals surface area (Å²) in [6, 6.07) is 12.6. The molecule has 0 spiro atoms.